The molecule has 2 heterocycles. The SMILES string of the molecule is C=CCOC(=O)c1sc2c(Br)sc(Br)c2c1F. The van der Waals surface area contributed by atoms with Gasteiger partial charge in [0.15, 0.2) is 5.82 Å². The van der Waals surface area contributed by atoms with Crippen molar-refractivity contribution in [3.63, 3.8) is 0 Å². The molecule has 0 aliphatic heterocycles. The van der Waals surface area contributed by atoms with Crippen LogP contribution in [0.2, 0.25) is 0 Å². The number of esters is 1. The predicted molar refractivity (Wildman–Crippen MR) is 75.5 cm³/mol. The van der Waals surface area contributed by atoms with E-state index in [-0.39, 0.29) is 11.5 Å². The van der Waals surface area contributed by atoms with Crippen molar-refractivity contribution in [3.05, 3.63) is 30.9 Å². The molecule has 0 radical (unpaired) electrons. The third kappa shape index (κ3) is 2.33. The first-order valence-corrected chi connectivity index (χ1v) is 7.62. The highest BCUT2D eigenvalue weighted by molar-refractivity contribution is 9.12. The average Bonchev–Trinajstić information content (AvgIpc) is 2.76. The van der Waals surface area contributed by atoms with Gasteiger partial charge in [0.2, 0.25) is 0 Å². The lowest BCUT2D eigenvalue weighted by Gasteiger charge is -1.98. The van der Waals surface area contributed by atoms with Gasteiger partial charge in [0.1, 0.15) is 11.5 Å². The topological polar surface area (TPSA) is 26.3 Å². The maximum atomic E-state index is 14.0. The van der Waals surface area contributed by atoms with E-state index in [4.69, 9.17) is 4.74 Å². The van der Waals surface area contributed by atoms with Gasteiger partial charge in [-0.2, -0.15) is 0 Å². The number of hydrogen-bond acceptors (Lipinski definition) is 4. The van der Waals surface area contributed by atoms with Gasteiger partial charge in [0.05, 0.1) is 17.7 Å². The molecule has 0 fully saturated rings. The normalized spacial score (nSPS) is 10.8. The summed E-state index contributed by atoms with van der Waals surface area (Å²) in [5.41, 5.74) is 0. The van der Waals surface area contributed by atoms with Crippen molar-refractivity contribution in [3.8, 4) is 0 Å². The molecule has 2 aromatic rings. The Hall–Kier alpha value is -0.240. The molecule has 0 aromatic carbocycles. The molecular weight excluding hydrogens is 395 g/mol. The van der Waals surface area contributed by atoms with Crippen LogP contribution in [-0.4, -0.2) is 12.6 Å². The predicted octanol–water partition coefficient (Wildman–Crippen LogP) is 4.97. The lowest BCUT2D eigenvalue weighted by Crippen LogP contribution is -2.04. The number of carbonyl (C=O) groups excluding carboxylic acids is 1. The van der Waals surface area contributed by atoms with Gasteiger partial charge in [0, 0.05) is 0 Å². The molecule has 0 saturated heterocycles. The van der Waals surface area contributed by atoms with Gasteiger partial charge < -0.3 is 4.74 Å². The molecule has 2 aromatic heterocycles. The largest absolute Gasteiger partial charge is 0.457 e. The molecule has 90 valence electrons. The van der Waals surface area contributed by atoms with Crippen molar-refractivity contribution in [2.45, 2.75) is 0 Å². The molecular formula is C10H5Br2FO2S2. The van der Waals surface area contributed by atoms with E-state index in [1.165, 1.54) is 17.4 Å². The Morgan fingerprint density at radius 1 is 1.41 bits per heavy atom. The van der Waals surface area contributed by atoms with Gasteiger partial charge in [-0.1, -0.05) is 12.7 Å². The van der Waals surface area contributed by atoms with Gasteiger partial charge in [-0.25, -0.2) is 9.18 Å². The quantitative estimate of drug-likeness (QED) is 0.538. The van der Waals surface area contributed by atoms with Crippen LogP contribution in [-0.2, 0) is 4.74 Å². The molecule has 0 spiro atoms. The highest BCUT2D eigenvalue weighted by Crippen LogP contribution is 2.45. The van der Waals surface area contributed by atoms with E-state index >= 15 is 0 Å². The zero-order valence-electron chi connectivity index (χ0n) is 8.26. The molecule has 0 amide bonds. The molecule has 17 heavy (non-hydrogen) atoms. The van der Waals surface area contributed by atoms with E-state index < -0.39 is 11.8 Å². The van der Waals surface area contributed by atoms with Crippen molar-refractivity contribution >= 4 is 70.6 Å². The molecule has 0 N–H and O–H groups in total. The summed E-state index contributed by atoms with van der Waals surface area (Å²) >= 11 is 9.06. The number of halogens is 3. The van der Waals surface area contributed by atoms with Crippen LogP contribution in [0.5, 0.6) is 0 Å². The monoisotopic (exact) mass is 398 g/mol. The van der Waals surface area contributed by atoms with Crippen LogP contribution in [0.25, 0.3) is 10.1 Å². The Labute approximate surface area is 121 Å². The van der Waals surface area contributed by atoms with Gasteiger partial charge in [-0.05, 0) is 31.9 Å². The first-order valence-electron chi connectivity index (χ1n) is 4.40. The van der Waals surface area contributed by atoms with E-state index in [1.54, 1.807) is 0 Å². The maximum Gasteiger partial charge on any atom is 0.351 e. The van der Waals surface area contributed by atoms with E-state index in [9.17, 15) is 9.18 Å². The number of hydrogen-bond donors (Lipinski definition) is 0. The van der Waals surface area contributed by atoms with Crippen molar-refractivity contribution in [2.24, 2.45) is 0 Å². The van der Waals surface area contributed by atoms with Crippen LogP contribution in [0.3, 0.4) is 0 Å². The second kappa shape index (κ2) is 5.17. The van der Waals surface area contributed by atoms with Gasteiger partial charge >= 0.3 is 5.97 Å². The highest BCUT2D eigenvalue weighted by Gasteiger charge is 2.24. The molecule has 0 aliphatic carbocycles. The van der Waals surface area contributed by atoms with Crippen molar-refractivity contribution in [1.29, 1.82) is 0 Å². The summed E-state index contributed by atoms with van der Waals surface area (Å²) in [7, 11) is 0. The van der Waals surface area contributed by atoms with Crippen LogP contribution in [0.1, 0.15) is 9.67 Å². The van der Waals surface area contributed by atoms with Crippen LogP contribution in [0.15, 0.2) is 20.2 Å². The second-order valence-electron chi connectivity index (χ2n) is 2.99. The van der Waals surface area contributed by atoms with E-state index in [0.29, 0.717) is 13.9 Å². The summed E-state index contributed by atoms with van der Waals surface area (Å²) in [5, 5.41) is 0.428. The third-order valence-electron chi connectivity index (χ3n) is 1.92. The maximum absolute atomic E-state index is 14.0. The fourth-order valence-electron chi connectivity index (χ4n) is 1.23. The zero-order valence-corrected chi connectivity index (χ0v) is 13.1. The average molecular weight is 400 g/mol. The molecule has 0 saturated carbocycles. The number of fused-ring (bicyclic) bond motifs is 1. The fourth-order valence-corrected chi connectivity index (χ4v) is 5.67. The number of thiophene rings is 2. The number of ether oxygens (including phenoxy) is 1. The van der Waals surface area contributed by atoms with Crippen LogP contribution < -0.4 is 0 Å². The smallest absolute Gasteiger partial charge is 0.351 e. The summed E-state index contributed by atoms with van der Waals surface area (Å²) < 4.78 is 21.0. The Balaban J connectivity index is 2.49. The molecule has 7 heteroatoms. The van der Waals surface area contributed by atoms with Crippen molar-refractivity contribution in [1.82, 2.24) is 0 Å². The molecule has 2 rings (SSSR count). The third-order valence-corrected chi connectivity index (χ3v) is 6.01. The van der Waals surface area contributed by atoms with Gasteiger partial charge in [-0.3, -0.25) is 0 Å². The van der Waals surface area contributed by atoms with Crippen LogP contribution >= 0.6 is 54.5 Å². The Morgan fingerprint density at radius 2 is 2.12 bits per heavy atom. The summed E-state index contributed by atoms with van der Waals surface area (Å²) in [6.45, 7) is 3.50. The Bertz CT molecular complexity index is 603. The fraction of sp³-hybridized carbons (Fsp3) is 0.100. The summed E-state index contributed by atoms with van der Waals surface area (Å²) in [6, 6.07) is 0. The minimum atomic E-state index is -0.660. The molecule has 0 atom stereocenters. The standard InChI is InChI=1S/C10H5Br2FO2S2/c1-2-3-15-10(14)7-5(13)4-6(16-7)9(12)17-8(4)11/h2H,1,3H2. The van der Waals surface area contributed by atoms with Crippen molar-refractivity contribution in [2.75, 3.05) is 6.61 Å². The minimum Gasteiger partial charge on any atom is -0.457 e. The summed E-state index contributed by atoms with van der Waals surface area (Å²) in [5.74, 6) is -1.19. The minimum absolute atomic E-state index is 0.00829. The highest BCUT2D eigenvalue weighted by atomic mass is 79.9. The van der Waals surface area contributed by atoms with Crippen LogP contribution in [0, 0.1) is 5.82 Å². The second-order valence-corrected chi connectivity index (χ2v) is 7.66. The molecule has 0 aliphatic rings. The lowest BCUT2D eigenvalue weighted by atomic mass is 10.3. The summed E-state index contributed by atoms with van der Waals surface area (Å²) in [4.78, 5) is 11.6. The van der Waals surface area contributed by atoms with Crippen LogP contribution in [0.4, 0.5) is 4.39 Å². The van der Waals surface area contributed by atoms with E-state index in [2.05, 4.69) is 38.4 Å². The number of carbonyl (C=O) groups is 1. The van der Waals surface area contributed by atoms with Gasteiger partial charge in [-0.15, -0.1) is 22.7 Å². The van der Waals surface area contributed by atoms with E-state index in [0.717, 1.165) is 15.1 Å². The van der Waals surface area contributed by atoms with E-state index in [1.807, 2.05) is 0 Å². The number of rotatable bonds is 3. The summed E-state index contributed by atoms with van der Waals surface area (Å²) in [6.07, 6.45) is 1.44. The molecule has 0 unspecified atom stereocenters. The lowest BCUT2D eigenvalue weighted by molar-refractivity contribution is 0.0551. The molecule has 2 nitrogen and oxygen atoms in total. The Kier molecular flexibility index (Phi) is 4.02. The molecule has 0 bridgehead atoms. The first kappa shape index (κ1) is 13.2. The van der Waals surface area contributed by atoms with Crippen molar-refractivity contribution < 1.29 is 13.9 Å². The first-order chi connectivity index (χ1) is 8.06. The Morgan fingerprint density at radius 3 is 2.71 bits per heavy atom. The zero-order chi connectivity index (χ0) is 12.6. The van der Waals surface area contributed by atoms with Gasteiger partial charge in [0.25, 0.3) is 0 Å².